The van der Waals surface area contributed by atoms with Gasteiger partial charge in [0.1, 0.15) is 0 Å². The first-order valence-corrected chi connectivity index (χ1v) is 5.82. The van der Waals surface area contributed by atoms with Crippen molar-refractivity contribution in [3.63, 3.8) is 0 Å². The molecule has 0 spiro atoms. The minimum absolute atomic E-state index is 0.182. The third-order valence-electron chi connectivity index (χ3n) is 2.27. The Bertz CT molecular complexity index is 284. The third-order valence-corrected chi connectivity index (χ3v) is 2.27. The Balaban J connectivity index is 3.46. The molecule has 1 unspecified atom stereocenters. The molecular formula is C12H20N2O3. The molecule has 0 radical (unpaired) electrons. The van der Waals surface area contributed by atoms with Crippen molar-refractivity contribution in [1.82, 2.24) is 10.6 Å². The van der Waals surface area contributed by atoms with Crippen LogP contribution in [0.15, 0.2) is 0 Å². The lowest BCUT2D eigenvalue weighted by atomic mass is 10.2. The molecule has 5 nitrogen and oxygen atoms in total. The maximum Gasteiger partial charge on any atom is 0.315 e. The van der Waals surface area contributed by atoms with Crippen LogP contribution in [0.2, 0.25) is 0 Å². The van der Waals surface area contributed by atoms with Gasteiger partial charge in [0.25, 0.3) is 0 Å². The first-order chi connectivity index (χ1) is 8.10. The number of carbonyl (C=O) groups is 2. The third kappa shape index (κ3) is 9.24. The molecule has 0 fully saturated rings. The van der Waals surface area contributed by atoms with Gasteiger partial charge < -0.3 is 15.7 Å². The summed E-state index contributed by atoms with van der Waals surface area (Å²) < 4.78 is 0. The predicted molar refractivity (Wildman–Crippen MR) is 65.6 cm³/mol. The van der Waals surface area contributed by atoms with Crippen LogP contribution in [0.3, 0.4) is 0 Å². The molecule has 17 heavy (non-hydrogen) atoms. The summed E-state index contributed by atoms with van der Waals surface area (Å²) in [5.41, 5.74) is 0. The van der Waals surface area contributed by atoms with Crippen LogP contribution in [0, 0.1) is 12.3 Å². The van der Waals surface area contributed by atoms with Gasteiger partial charge in [-0.05, 0) is 19.3 Å². The number of amides is 2. The molecule has 0 bridgehead atoms. The van der Waals surface area contributed by atoms with Gasteiger partial charge >= 0.3 is 12.0 Å². The number of aliphatic carboxylic acids is 1. The van der Waals surface area contributed by atoms with Crippen molar-refractivity contribution in [1.29, 1.82) is 0 Å². The number of terminal acetylenes is 1. The van der Waals surface area contributed by atoms with Crippen LogP contribution in [-0.4, -0.2) is 29.7 Å². The van der Waals surface area contributed by atoms with E-state index >= 15 is 0 Å². The Morgan fingerprint density at radius 1 is 1.35 bits per heavy atom. The Labute approximate surface area is 102 Å². The second-order valence-corrected chi connectivity index (χ2v) is 3.73. The molecular weight excluding hydrogens is 220 g/mol. The van der Waals surface area contributed by atoms with Crippen molar-refractivity contribution < 1.29 is 14.7 Å². The van der Waals surface area contributed by atoms with E-state index in [0.717, 1.165) is 12.8 Å². The number of rotatable bonds is 8. The molecule has 96 valence electrons. The van der Waals surface area contributed by atoms with Gasteiger partial charge in [0.15, 0.2) is 0 Å². The van der Waals surface area contributed by atoms with Crippen molar-refractivity contribution in [2.24, 2.45) is 0 Å². The zero-order valence-electron chi connectivity index (χ0n) is 10.2. The molecule has 0 saturated heterocycles. The quantitative estimate of drug-likeness (QED) is 0.442. The van der Waals surface area contributed by atoms with Crippen LogP contribution in [0.25, 0.3) is 0 Å². The number of carboxylic acids is 1. The van der Waals surface area contributed by atoms with Gasteiger partial charge in [-0.2, -0.15) is 0 Å². The van der Waals surface area contributed by atoms with Crippen molar-refractivity contribution in [3.05, 3.63) is 0 Å². The van der Waals surface area contributed by atoms with E-state index in [2.05, 4.69) is 16.6 Å². The Morgan fingerprint density at radius 2 is 2.06 bits per heavy atom. The average Bonchev–Trinajstić information content (AvgIpc) is 2.30. The topological polar surface area (TPSA) is 78.4 Å². The molecule has 0 aliphatic heterocycles. The van der Waals surface area contributed by atoms with Gasteiger partial charge in [-0.25, -0.2) is 4.79 Å². The van der Waals surface area contributed by atoms with Crippen LogP contribution in [0.4, 0.5) is 4.79 Å². The van der Waals surface area contributed by atoms with Crippen LogP contribution < -0.4 is 10.6 Å². The van der Waals surface area contributed by atoms with E-state index in [4.69, 9.17) is 11.5 Å². The number of hydrogen-bond donors (Lipinski definition) is 3. The predicted octanol–water partition coefficient (Wildman–Crippen LogP) is 1.34. The molecule has 2 amide bonds. The molecule has 0 aromatic rings. The van der Waals surface area contributed by atoms with Gasteiger partial charge in [0, 0.05) is 13.0 Å². The number of nitrogens with one attached hydrogen (secondary N) is 2. The zero-order valence-corrected chi connectivity index (χ0v) is 10.2. The Hall–Kier alpha value is -1.70. The minimum Gasteiger partial charge on any atom is -0.481 e. The number of carboxylic acid groups (broad SMARTS) is 1. The largest absolute Gasteiger partial charge is 0.481 e. The summed E-state index contributed by atoms with van der Waals surface area (Å²) in [5, 5.41) is 13.7. The summed E-state index contributed by atoms with van der Waals surface area (Å²) >= 11 is 0. The average molecular weight is 240 g/mol. The first kappa shape index (κ1) is 15.3. The van der Waals surface area contributed by atoms with E-state index in [1.54, 1.807) is 0 Å². The molecule has 0 aliphatic carbocycles. The summed E-state index contributed by atoms with van der Waals surface area (Å²) in [5.74, 6) is 1.69. The second-order valence-electron chi connectivity index (χ2n) is 3.73. The summed E-state index contributed by atoms with van der Waals surface area (Å²) in [6, 6.07) is -0.505. The SMILES string of the molecule is C#CC(CC)NC(=O)NCCCCCC(=O)O. The van der Waals surface area contributed by atoms with E-state index < -0.39 is 5.97 Å². The fourth-order valence-electron chi connectivity index (χ4n) is 1.25. The molecule has 0 aliphatic rings. The van der Waals surface area contributed by atoms with Crippen LogP contribution in [0.1, 0.15) is 39.0 Å². The monoisotopic (exact) mass is 240 g/mol. The van der Waals surface area contributed by atoms with Crippen LogP contribution in [-0.2, 0) is 4.79 Å². The fraction of sp³-hybridized carbons (Fsp3) is 0.667. The highest BCUT2D eigenvalue weighted by atomic mass is 16.4. The molecule has 0 aromatic carbocycles. The fourth-order valence-corrected chi connectivity index (χ4v) is 1.25. The molecule has 5 heteroatoms. The summed E-state index contributed by atoms with van der Waals surface area (Å²) in [6.45, 7) is 2.43. The Morgan fingerprint density at radius 3 is 2.59 bits per heavy atom. The maximum absolute atomic E-state index is 11.3. The van der Waals surface area contributed by atoms with Gasteiger partial charge in [-0.1, -0.05) is 19.3 Å². The van der Waals surface area contributed by atoms with Crippen molar-refractivity contribution in [3.8, 4) is 12.3 Å². The molecule has 0 rings (SSSR count). The molecule has 0 saturated carbocycles. The van der Waals surface area contributed by atoms with E-state index in [1.807, 2.05) is 6.92 Å². The standard InChI is InChI=1S/C12H20N2O3/c1-3-10(4-2)14-12(17)13-9-7-5-6-8-11(15)16/h1,10H,4-9H2,2H3,(H,15,16)(H2,13,14,17). The van der Waals surface area contributed by atoms with Gasteiger partial charge in [-0.3, -0.25) is 4.79 Å². The van der Waals surface area contributed by atoms with Crippen LogP contribution >= 0.6 is 0 Å². The lowest BCUT2D eigenvalue weighted by Gasteiger charge is -2.11. The summed E-state index contributed by atoms with van der Waals surface area (Å²) in [6.07, 6.45) is 8.29. The molecule has 1 atom stereocenters. The van der Waals surface area contributed by atoms with Gasteiger partial charge in [0.2, 0.25) is 0 Å². The molecule has 0 heterocycles. The maximum atomic E-state index is 11.3. The molecule has 3 N–H and O–H groups in total. The number of hydrogen-bond acceptors (Lipinski definition) is 2. The highest BCUT2D eigenvalue weighted by molar-refractivity contribution is 5.74. The second kappa shape index (κ2) is 9.52. The molecule has 0 aromatic heterocycles. The van der Waals surface area contributed by atoms with Crippen molar-refractivity contribution in [2.75, 3.05) is 6.54 Å². The summed E-state index contributed by atoms with van der Waals surface area (Å²) in [7, 11) is 0. The van der Waals surface area contributed by atoms with E-state index in [9.17, 15) is 9.59 Å². The highest BCUT2D eigenvalue weighted by Gasteiger charge is 2.05. The number of unbranched alkanes of at least 4 members (excludes halogenated alkanes) is 2. The van der Waals surface area contributed by atoms with Crippen LogP contribution in [0.5, 0.6) is 0 Å². The van der Waals surface area contributed by atoms with Crippen molar-refractivity contribution >= 4 is 12.0 Å². The lowest BCUT2D eigenvalue weighted by molar-refractivity contribution is -0.137. The Kier molecular flexibility index (Phi) is 8.57. The lowest BCUT2D eigenvalue weighted by Crippen LogP contribution is -2.41. The normalized spacial score (nSPS) is 11.3. The van der Waals surface area contributed by atoms with Gasteiger partial charge in [-0.15, -0.1) is 6.42 Å². The van der Waals surface area contributed by atoms with E-state index in [1.165, 1.54) is 0 Å². The summed E-state index contributed by atoms with van der Waals surface area (Å²) in [4.78, 5) is 21.5. The first-order valence-electron chi connectivity index (χ1n) is 5.82. The van der Waals surface area contributed by atoms with E-state index in [0.29, 0.717) is 19.4 Å². The minimum atomic E-state index is -0.782. The number of urea groups is 1. The smallest absolute Gasteiger partial charge is 0.315 e. The zero-order chi connectivity index (χ0) is 13.1. The number of carbonyl (C=O) groups excluding carboxylic acids is 1. The van der Waals surface area contributed by atoms with Crippen molar-refractivity contribution in [2.45, 2.75) is 45.1 Å². The van der Waals surface area contributed by atoms with E-state index in [-0.39, 0.29) is 18.5 Å². The highest BCUT2D eigenvalue weighted by Crippen LogP contribution is 1.98. The van der Waals surface area contributed by atoms with Gasteiger partial charge in [0.05, 0.1) is 6.04 Å².